The van der Waals surface area contributed by atoms with Gasteiger partial charge >= 0.3 is 5.97 Å². The van der Waals surface area contributed by atoms with Crippen molar-refractivity contribution in [2.75, 3.05) is 0 Å². The van der Waals surface area contributed by atoms with Gasteiger partial charge in [0.25, 0.3) is 0 Å². The standard InChI is InChI=1S/C12H23N3O2/c1-2-11(14-15-13)9-7-5-3-4-6-8-10-12(16)17/h11H,2-10H2,1H3,(H,16,17). The van der Waals surface area contributed by atoms with Crippen LogP contribution in [0.25, 0.3) is 10.4 Å². The summed E-state index contributed by atoms with van der Waals surface area (Å²) in [5.41, 5.74) is 8.32. The normalized spacial score (nSPS) is 11.8. The predicted molar refractivity (Wildman–Crippen MR) is 67.8 cm³/mol. The second kappa shape index (κ2) is 11.3. The van der Waals surface area contributed by atoms with Crippen LogP contribution >= 0.6 is 0 Å². The number of rotatable bonds is 11. The molecule has 0 aliphatic heterocycles. The number of hydrogen-bond donors (Lipinski definition) is 1. The molecule has 0 radical (unpaired) electrons. The van der Waals surface area contributed by atoms with E-state index in [-0.39, 0.29) is 12.5 Å². The summed E-state index contributed by atoms with van der Waals surface area (Å²) in [6, 6.07) is 0.145. The van der Waals surface area contributed by atoms with Gasteiger partial charge in [0.1, 0.15) is 0 Å². The van der Waals surface area contributed by atoms with Gasteiger partial charge in [-0.25, -0.2) is 0 Å². The molecule has 0 spiro atoms. The Morgan fingerprint density at radius 1 is 1.24 bits per heavy atom. The Bertz CT molecular complexity index is 250. The van der Waals surface area contributed by atoms with Gasteiger partial charge in [-0.05, 0) is 24.8 Å². The van der Waals surface area contributed by atoms with Crippen molar-refractivity contribution in [1.29, 1.82) is 0 Å². The van der Waals surface area contributed by atoms with Gasteiger partial charge in [0.05, 0.1) is 0 Å². The Labute approximate surface area is 103 Å². The highest BCUT2D eigenvalue weighted by molar-refractivity contribution is 5.66. The fraction of sp³-hybridized carbons (Fsp3) is 0.917. The average Bonchev–Trinajstić information content (AvgIpc) is 2.30. The van der Waals surface area contributed by atoms with Gasteiger partial charge in [-0.3, -0.25) is 4.79 Å². The van der Waals surface area contributed by atoms with Crippen molar-refractivity contribution >= 4 is 5.97 Å². The minimum Gasteiger partial charge on any atom is -0.481 e. The van der Waals surface area contributed by atoms with Crippen LogP contribution in [0.2, 0.25) is 0 Å². The zero-order valence-corrected chi connectivity index (χ0v) is 10.6. The highest BCUT2D eigenvalue weighted by Crippen LogP contribution is 2.12. The van der Waals surface area contributed by atoms with Gasteiger partial charge in [-0.15, -0.1) is 0 Å². The smallest absolute Gasteiger partial charge is 0.303 e. The molecule has 1 N–H and O–H groups in total. The number of unbranched alkanes of at least 4 members (excludes halogenated alkanes) is 5. The summed E-state index contributed by atoms with van der Waals surface area (Å²) in [6.45, 7) is 2.03. The third-order valence-corrected chi connectivity index (χ3v) is 2.86. The molecule has 0 heterocycles. The maximum absolute atomic E-state index is 10.3. The Morgan fingerprint density at radius 2 is 1.82 bits per heavy atom. The van der Waals surface area contributed by atoms with Crippen molar-refractivity contribution in [3.05, 3.63) is 10.4 Å². The minimum absolute atomic E-state index is 0.145. The molecule has 5 nitrogen and oxygen atoms in total. The third kappa shape index (κ3) is 11.1. The lowest BCUT2D eigenvalue weighted by atomic mass is 10.0. The first kappa shape index (κ1) is 15.8. The number of azide groups is 1. The molecule has 0 aromatic heterocycles. The topological polar surface area (TPSA) is 86.1 Å². The summed E-state index contributed by atoms with van der Waals surface area (Å²) in [4.78, 5) is 13.1. The second-order valence-corrected chi connectivity index (χ2v) is 4.32. The molecule has 0 aromatic rings. The van der Waals surface area contributed by atoms with E-state index in [0.717, 1.165) is 51.4 Å². The lowest BCUT2D eigenvalue weighted by Gasteiger charge is -2.07. The molecule has 0 saturated heterocycles. The molecule has 0 amide bonds. The van der Waals surface area contributed by atoms with Crippen LogP contribution in [0.1, 0.15) is 64.7 Å². The van der Waals surface area contributed by atoms with Crippen LogP contribution < -0.4 is 0 Å². The first-order chi connectivity index (χ1) is 8.20. The Kier molecular flexibility index (Phi) is 10.5. The zero-order valence-electron chi connectivity index (χ0n) is 10.6. The fourth-order valence-electron chi connectivity index (χ4n) is 1.78. The molecule has 0 fully saturated rings. The van der Waals surface area contributed by atoms with Crippen molar-refractivity contribution in [1.82, 2.24) is 0 Å². The lowest BCUT2D eigenvalue weighted by Crippen LogP contribution is -2.00. The fourth-order valence-corrected chi connectivity index (χ4v) is 1.78. The highest BCUT2D eigenvalue weighted by atomic mass is 16.4. The maximum Gasteiger partial charge on any atom is 0.303 e. The van der Waals surface area contributed by atoms with Crippen molar-refractivity contribution < 1.29 is 9.90 Å². The molecule has 5 heteroatoms. The van der Waals surface area contributed by atoms with E-state index in [1.807, 2.05) is 6.92 Å². The molecular weight excluding hydrogens is 218 g/mol. The van der Waals surface area contributed by atoms with Crippen LogP contribution in [0, 0.1) is 0 Å². The van der Waals surface area contributed by atoms with E-state index in [1.165, 1.54) is 0 Å². The largest absolute Gasteiger partial charge is 0.481 e. The maximum atomic E-state index is 10.3. The Morgan fingerprint density at radius 3 is 2.35 bits per heavy atom. The Hall–Kier alpha value is -1.22. The first-order valence-corrected chi connectivity index (χ1v) is 6.46. The number of nitrogens with zero attached hydrogens (tertiary/aromatic N) is 3. The predicted octanol–water partition coefficient (Wildman–Crippen LogP) is 4.28. The summed E-state index contributed by atoms with van der Waals surface area (Å²) in [5, 5.41) is 12.2. The SMILES string of the molecule is CCC(CCCCCCCCC(=O)O)N=[N+]=[N-]. The van der Waals surface area contributed by atoms with Crippen molar-refractivity contribution in [2.24, 2.45) is 5.11 Å². The zero-order chi connectivity index (χ0) is 12.9. The van der Waals surface area contributed by atoms with E-state index in [1.54, 1.807) is 0 Å². The molecule has 0 saturated carbocycles. The monoisotopic (exact) mass is 241 g/mol. The third-order valence-electron chi connectivity index (χ3n) is 2.86. The van der Waals surface area contributed by atoms with Crippen molar-refractivity contribution in [2.45, 2.75) is 70.8 Å². The molecular formula is C12H23N3O2. The highest BCUT2D eigenvalue weighted by Gasteiger charge is 2.02. The molecule has 17 heavy (non-hydrogen) atoms. The number of hydrogen-bond acceptors (Lipinski definition) is 2. The van der Waals surface area contributed by atoms with Crippen LogP contribution in [-0.2, 0) is 4.79 Å². The van der Waals surface area contributed by atoms with Gasteiger partial charge in [0.2, 0.25) is 0 Å². The summed E-state index contributed by atoms with van der Waals surface area (Å²) in [5.74, 6) is -0.704. The second-order valence-electron chi connectivity index (χ2n) is 4.32. The number of aliphatic carboxylic acids is 1. The van der Waals surface area contributed by atoms with Gasteiger partial charge in [-0.2, -0.15) is 0 Å². The van der Waals surface area contributed by atoms with Crippen LogP contribution in [0.15, 0.2) is 5.11 Å². The molecule has 0 aromatic carbocycles. The van der Waals surface area contributed by atoms with Crippen LogP contribution in [-0.4, -0.2) is 17.1 Å². The van der Waals surface area contributed by atoms with Crippen molar-refractivity contribution in [3.63, 3.8) is 0 Å². The van der Waals surface area contributed by atoms with E-state index in [0.29, 0.717) is 0 Å². The number of carboxylic acids is 1. The quantitative estimate of drug-likeness (QED) is 0.253. The summed E-state index contributed by atoms with van der Waals surface area (Å²) >= 11 is 0. The molecule has 0 bridgehead atoms. The van der Waals surface area contributed by atoms with Crippen LogP contribution in [0.3, 0.4) is 0 Å². The van der Waals surface area contributed by atoms with Crippen LogP contribution in [0.4, 0.5) is 0 Å². The minimum atomic E-state index is -0.704. The number of carboxylic acid groups (broad SMARTS) is 1. The summed E-state index contributed by atoms with van der Waals surface area (Å²) in [7, 11) is 0. The molecule has 1 atom stereocenters. The average molecular weight is 241 g/mol. The number of carbonyl (C=O) groups is 1. The molecule has 0 aliphatic rings. The lowest BCUT2D eigenvalue weighted by molar-refractivity contribution is -0.137. The Balaban J connectivity index is 3.28. The van der Waals surface area contributed by atoms with Crippen LogP contribution in [0.5, 0.6) is 0 Å². The van der Waals surface area contributed by atoms with Gasteiger partial charge in [0, 0.05) is 17.4 Å². The molecule has 1 unspecified atom stereocenters. The van der Waals surface area contributed by atoms with Crippen molar-refractivity contribution in [3.8, 4) is 0 Å². The van der Waals surface area contributed by atoms with Gasteiger partial charge in [-0.1, -0.05) is 44.1 Å². The van der Waals surface area contributed by atoms with E-state index in [2.05, 4.69) is 10.0 Å². The van der Waals surface area contributed by atoms with E-state index in [9.17, 15) is 4.79 Å². The van der Waals surface area contributed by atoms with E-state index >= 15 is 0 Å². The summed E-state index contributed by atoms with van der Waals surface area (Å²) < 4.78 is 0. The van der Waals surface area contributed by atoms with Gasteiger partial charge in [0.15, 0.2) is 0 Å². The molecule has 98 valence electrons. The first-order valence-electron chi connectivity index (χ1n) is 6.46. The van der Waals surface area contributed by atoms with Gasteiger partial charge < -0.3 is 5.11 Å². The van der Waals surface area contributed by atoms with E-state index < -0.39 is 5.97 Å². The van der Waals surface area contributed by atoms with E-state index in [4.69, 9.17) is 10.6 Å². The molecule has 0 aliphatic carbocycles. The summed E-state index contributed by atoms with van der Waals surface area (Å²) in [6.07, 6.45) is 8.43. The molecule has 0 rings (SSSR count).